The maximum Gasteiger partial charge on any atom is 0.229 e. The zero-order valence-corrected chi connectivity index (χ0v) is 14.2. The van der Waals surface area contributed by atoms with E-state index in [1.807, 2.05) is 17.0 Å². The summed E-state index contributed by atoms with van der Waals surface area (Å²) in [7, 11) is 0. The Morgan fingerprint density at radius 3 is 2.67 bits per heavy atom. The monoisotopic (exact) mass is 326 g/mol. The van der Waals surface area contributed by atoms with E-state index >= 15 is 0 Å². The van der Waals surface area contributed by atoms with Gasteiger partial charge in [-0.1, -0.05) is 12.1 Å². The van der Waals surface area contributed by atoms with Gasteiger partial charge in [0.05, 0.1) is 5.92 Å². The Bertz CT molecular complexity index is 651. The van der Waals surface area contributed by atoms with Gasteiger partial charge in [0, 0.05) is 24.7 Å². The summed E-state index contributed by atoms with van der Waals surface area (Å²) in [4.78, 5) is 27.0. The molecule has 1 atom stereocenters. The van der Waals surface area contributed by atoms with Gasteiger partial charge in [0.25, 0.3) is 0 Å². The molecule has 0 spiro atoms. The lowest BCUT2D eigenvalue weighted by molar-refractivity contribution is -0.135. The Balaban J connectivity index is 1.43. The van der Waals surface area contributed by atoms with Gasteiger partial charge in [0.15, 0.2) is 0 Å². The van der Waals surface area contributed by atoms with E-state index in [1.54, 1.807) is 0 Å². The molecule has 1 aromatic rings. The number of nitrogens with one attached hydrogen (secondary N) is 1. The first kappa shape index (κ1) is 15.7. The number of anilines is 1. The minimum atomic E-state index is -0.0686. The molecule has 2 fully saturated rings. The van der Waals surface area contributed by atoms with Crippen molar-refractivity contribution in [3.63, 3.8) is 0 Å². The summed E-state index contributed by atoms with van der Waals surface area (Å²) in [5.41, 5.74) is 3.69. The van der Waals surface area contributed by atoms with Crippen molar-refractivity contribution in [2.45, 2.75) is 51.4 Å². The van der Waals surface area contributed by atoms with Crippen molar-refractivity contribution in [2.24, 2.45) is 11.8 Å². The molecule has 4 rings (SSSR count). The first-order valence-electron chi connectivity index (χ1n) is 9.43. The Hall–Kier alpha value is -1.84. The van der Waals surface area contributed by atoms with Crippen LogP contribution in [0.5, 0.6) is 0 Å². The van der Waals surface area contributed by atoms with Crippen molar-refractivity contribution < 1.29 is 9.59 Å². The summed E-state index contributed by atoms with van der Waals surface area (Å²) < 4.78 is 0. The summed E-state index contributed by atoms with van der Waals surface area (Å²) in [6.45, 7) is 1.41. The SMILES string of the molecule is O=C(Nc1cccc2c1CCCC2)[C@@H]1CCCN(C(=O)C2CC2)C1. The highest BCUT2D eigenvalue weighted by molar-refractivity contribution is 5.94. The molecule has 1 N–H and O–H groups in total. The lowest BCUT2D eigenvalue weighted by Crippen LogP contribution is -2.44. The Morgan fingerprint density at radius 1 is 1.00 bits per heavy atom. The molecule has 1 saturated heterocycles. The predicted molar refractivity (Wildman–Crippen MR) is 93.7 cm³/mol. The summed E-state index contributed by atoms with van der Waals surface area (Å²) in [5, 5.41) is 3.17. The van der Waals surface area contributed by atoms with Gasteiger partial charge in [-0.05, 0) is 68.6 Å². The Labute approximate surface area is 143 Å². The fourth-order valence-electron chi connectivity index (χ4n) is 4.11. The van der Waals surface area contributed by atoms with Gasteiger partial charge in [-0.3, -0.25) is 9.59 Å². The first-order valence-corrected chi connectivity index (χ1v) is 9.43. The molecule has 3 aliphatic rings. The fraction of sp³-hybridized carbons (Fsp3) is 0.600. The number of aryl methyl sites for hydroxylation is 1. The second kappa shape index (κ2) is 6.58. The normalized spacial score (nSPS) is 23.5. The van der Waals surface area contributed by atoms with E-state index in [-0.39, 0.29) is 23.7 Å². The lowest BCUT2D eigenvalue weighted by atomic mass is 9.90. The summed E-state index contributed by atoms with van der Waals surface area (Å²) in [6.07, 6.45) is 8.50. The van der Waals surface area contributed by atoms with Gasteiger partial charge in [-0.25, -0.2) is 0 Å². The number of likely N-dealkylation sites (tertiary alicyclic amines) is 1. The van der Waals surface area contributed by atoms with E-state index < -0.39 is 0 Å². The molecule has 1 aromatic carbocycles. The highest BCUT2D eigenvalue weighted by Crippen LogP contribution is 2.33. The minimum absolute atomic E-state index is 0.0686. The molecule has 128 valence electrons. The second-order valence-corrected chi connectivity index (χ2v) is 7.54. The Morgan fingerprint density at radius 2 is 1.83 bits per heavy atom. The third-order valence-corrected chi connectivity index (χ3v) is 5.68. The van der Waals surface area contributed by atoms with Crippen molar-refractivity contribution in [1.29, 1.82) is 0 Å². The number of nitrogens with zero attached hydrogens (tertiary/aromatic N) is 1. The van der Waals surface area contributed by atoms with Crippen molar-refractivity contribution in [2.75, 3.05) is 18.4 Å². The van der Waals surface area contributed by atoms with Crippen LogP contribution in [0, 0.1) is 11.8 Å². The van der Waals surface area contributed by atoms with Crippen LogP contribution in [0.1, 0.15) is 49.7 Å². The topological polar surface area (TPSA) is 49.4 Å². The van der Waals surface area contributed by atoms with Crippen molar-refractivity contribution >= 4 is 17.5 Å². The van der Waals surface area contributed by atoms with Crippen LogP contribution in [0.3, 0.4) is 0 Å². The molecule has 0 radical (unpaired) electrons. The lowest BCUT2D eigenvalue weighted by Gasteiger charge is -2.32. The van der Waals surface area contributed by atoms with Gasteiger partial charge in [-0.2, -0.15) is 0 Å². The molecule has 0 bridgehead atoms. The number of piperidine rings is 1. The van der Waals surface area contributed by atoms with Crippen LogP contribution < -0.4 is 5.32 Å². The van der Waals surface area contributed by atoms with Crippen LogP contribution in [-0.2, 0) is 22.4 Å². The first-order chi connectivity index (χ1) is 11.7. The quantitative estimate of drug-likeness (QED) is 0.927. The minimum Gasteiger partial charge on any atom is -0.342 e. The molecule has 2 amide bonds. The molecule has 1 aliphatic heterocycles. The molecular weight excluding hydrogens is 300 g/mol. The maximum atomic E-state index is 12.8. The second-order valence-electron chi connectivity index (χ2n) is 7.54. The standard InChI is InChI=1S/C20H26N2O2/c23-19(16-7-4-12-22(13-16)20(24)15-10-11-15)21-18-9-3-6-14-5-1-2-8-17(14)18/h3,6,9,15-16H,1-2,4-5,7-8,10-13H2,(H,21,23)/t16-/m1/s1. The average molecular weight is 326 g/mol. The van der Waals surface area contributed by atoms with Gasteiger partial charge >= 0.3 is 0 Å². The van der Waals surface area contributed by atoms with Gasteiger partial charge in [0.1, 0.15) is 0 Å². The Kier molecular flexibility index (Phi) is 4.30. The van der Waals surface area contributed by atoms with Crippen LogP contribution >= 0.6 is 0 Å². The van der Waals surface area contributed by atoms with E-state index in [2.05, 4.69) is 11.4 Å². The fourth-order valence-corrected chi connectivity index (χ4v) is 4.11. The molecule has 24 heavy (non-hydrogen) atoms. The molecule has 1 saturated carbocycles. The van der Waals surface area contributed by atoms with Crippen LogP contribution in [-0.4, -0.2) is 29.8 Å². The molecule has 4 nitrogen and oxygen atoms in total. The van der Waals surface area contributed by atoms with Crippen LogP contribution in [0.4, 0.5) is 5.69 Å². The van der Waals surface area contributed by atoms with Crippen molar-refractivity contribution in [3.05, 3.63) is 29.3 Å². The van der Waals surface area contributed by atoms with Gasteiger partial charge < -0.3 is 10.2 Å². The number of carbonyl (C=O) groups is 2. The van der Waals surface area contributed by atoms with E-state index in [1.165, 1.54) is 24.0 Å². The highest BCUT2D eigenvalue weighted by Gasteiger charge is 2.36. The average Bonchev–Trinajstić information content (AvgIpc) is 3.47. The van der Waals surface area contributed by atoms with Crippen LogP contribution in [0.2, 0.25) is 0 Å². The summed E-state index contributed by atoms with van der Waals surface area (Å²) in [6, 6.07) is 6.25. The largest absolute Gasteiger partial charge is 0.342 e. The van der Waals surface area contributed by atoms with Crippen LogP contribution in [0.15, 0.2) is 18.2 Å². The van der Waals surface area contributed by atoms with E-state index in [0.717, 1.165) is 50.8 Å². The molecule has 1 heterocycles. The van der Waals surface area contributed by atoms with Crippen LogP contribution in [0.25, 0.3) is 0 Å². The molecule has 0 aromatic heterocycles. The predicted octanol–water partition coefficient (Wildman–Crippen LogP) is 3.15. The third kappa shape index (κ3) is 3.19. The molecular formula is C20H26N2O2. The van der Waals surface area contributed by atoms with E-state index in [4.69, 9.17) is 0 Å². The van der Waals surface area contributed by atoms with Gasteiger partial charge in [0.2, 0.25) is 11.8 Å². The maximum absolute atomic E-state index is 12.8. The number of amides is 2. The third-order valence-electron chi connectivity index (χ3n) is 5.68. The zero-order chi connectivity index (χ0) is 16.5. The number of hydrogen-bond acceptors (Lipinski definition) is 2. The molecule has 2 aliphatic carbocycles. The number of carbonyl (C=O) groups excluding carboxylic acids is 2. The van der Waals surface area contributed by atoms with Crippen molar-refractivity contribution in [1.82, 2.24) is 4.90 Å². The summed E-state index contributed by atoms with van der Waals surface area (Å²) in [5.74, 6) is 0.528. The number of rotatable bonds is 3. The smallest absolute Gasteiger partial charge is 0.229 e. The number of fused-ring (bicyclic) bond motifs is 1. The van der Waals surface area contributed by atoms with Crippen molar-refractivity contribution in [3.8, 4) is 0 Å². The van der Waals surface area contributed by atoms with E-state index in [9.17, 15) is 9.59 Å². The molecule has 0 unspecified atom stereocenters. The highest BCUT2D eigenvalue weighted by atomic mass is 16.2. The van der Waals surface area contributed by atoms with E-state index in [0.29, 0.717) is 6.54 Å². The number of hydrogen-bond donors (Lipinski definition) is 1. The zero-order valence-electron chi connectivity index (χ0n) is 14.2. The number of benzene rings is 1. The summed E-state index contributed by atoms with van der Waals surface area (Å²) >= 11 is 0. The molecule has 4 heteroatoms. The van der Waals surface area contributed by atoms with Gasteiger partial charge in [-0.15, -0.1) is 0 Å².